The van der Waals surface area contributed by atoms with Gasteiger partial charge in [-0.05, 0) is 109 Å². The lowest BCUT2D eigenvalue weighted by Crippen LogP contribution is -2.78. The Morgan fingerprint density at radius 1 is 0.709 bits per heavy atom. The molecule has 4 aliphatic carbocycles. The van der Waals surface area contributed by atoms with Gasteiger partial charge in [-0.3, -0.25) is 4.79 Å². The second kappa shape index (κ2) is 23.5. The normalized spacial score (nSPS) is 48.1. The largest absolute Gasteiger partial charge is 0.508 e. The number of hydrogen-bond donors (Lipinski definition) is 8. The molecule has 8 aliphatic rings. The molecular weight excluding hydrogens is 1040 g/mol. The fourth-order valence-electron chi connectivity index (χ4n) is 14.8. The summed E-state index contributed by atoms with van der Waals surface area (Å²) in [5, 5.41) is 88.7. The second-order valence-corrected chi connectivity index (χ2v) is 23.7. The van der Waals surface area contributed by atoms with Crippen LogP contribution in [0.2, 0.25) is 0 Å². The van der Waals surface area contributed by atoms with E-state index in [2.05, 4.69) is 6.92 Å². The first-order valence-corrected chi connectivity index (χ1v) is 27.9. The van der Waals surface area contributed by atoms with Gasteiger partial charge < -0.3 is 97.7 Å². The molecule has 25 atom stereocenters. The molecule has 22 heteroatoms. The Bertz CT molecular complexity index is 2350. The van der Waals surface area contributed by atoms with E-state index >= 15 is 0 Å². The number of hydrogen-bond acceptors (Lipinski definition) is 22. The van der Waals surface area contributed by atoms with Crippen LogP contribution in [0, 0.1) is 16.7 Å². The maximum absolute atomic E-state index is 13.6. The molecule has 0 unspecified atom stereocenters. The summed E-state index contributed by atoms with van der Waals surface area (Å²) in [6.07, 6.45) is -8.87. The number of Topliss-reactive ketones (excluding diaryl/α,β-unsaturated/α-hetero) is 1. The van der Waals surface area contributed by atoms with Gasteiger partial charge in [0.15, 0.2) is 30.9 Å². The van der Waals surface area contributed by atoms with Gasteiger partial charge >= 0.3 is 5.97 Å². The minimum absolute atomic E-state index is 0.0477. The third-order valence-corrected chi connectivity index (χ3v) is 19.6. The third kappa shape index (κ3) is 10.8. The Kier molecular flexibility index (Phi) is 18.0. The zero-order chi connectivity index (χ0) is 57.1. The lowest BCUT2D eigenvalue weighted by Gasteiger charge is -2.67. The highest BCUT2D eigenvalue weighted by Crippen LogP contribution is 2.71. The number of phenols is 1. The summed E-state index contributed by atoms with van der Waals surface area (Å²) in [5.74, 6) is -1.89. The predicted molar refractivity (Wildman–Crippen MR) is 275 cm³/mol. The predicted octanol–water partition coefficient (Wildman–Crippen LogP) is 2.23. The van der Waals surface area contributed by atoms with Crippen LogP contribution in [-0.2, 0) is 66.4 Å². The third-order valence-electron chi connectivity index (χ3n) is 19.6. The van der Waals surface area contributed by atoms with E-state index in [9.17, 15) is 50.4 Å². The molecule has 4 saturated heterocycles. The van der Waals surface area contributed by atoms with Gasteiger partial charge in [-0.1, -0.05) is 30.7 Å². The summed E-state index contributed by atoms with van der Waals surface area (Å²) in [4.78, 5) is 27.0. The minimum Gasteiger partial charge on any atom is -0.508 e. The number of ketones is 1. The quantitative estimate of drug-likeness (QED) is 0.0669. The van der Waals surface area contributed by atoms with Crippen molar-refractivity contribution in [2.24, 2.45) is 16.7 Å². The highest BCUT2D eigenvalue weighted by molar-refractivity contribution is 5.89. The van der Waals surface area contributed by atoms with Crippen LogP contribution in [0.3, 0.4) is 0 Å². The summed E-state index contributed by atoms with van der Waals surface area (Å²) in [6.45, 7) is 9.78. The van der Waals surface area contributed by atoms with Crippen LogP contribution in [0.5, 0.6) is 5.75 Å². The van der Waals surface area contributed by atoms with Crippen molar-refractivity contribution >= 4 is 17.8 Å². The standard InChI is InChI=1S/C57H84O22/c1-28-49(77-44-24-37(69-8)50(29(2)72-44)78-45-25-38(70-9)51(30(3)73-45)79-52-48(64)47(63)46(62)39(27-58)75-52)36(68-7)23-43(71-28)74-35-17-18-53(5)33(22-35)16-19-56(66)40(53)26-41(54(6)55(65,31(4)59)20-21-57(54,56)67)76-42(61)15-12-32-10-13-34(60)14-11-32/h10-16,28-30,35-41,43-52,58,60,62-67H,17-27H2,1-9H3/b15-12+/t28-,29-,30-,35+,36-,37+,38+,39-,40-,41-,43+,44+,45+,46-,47+,48-,49-,50-,51-,52+,53+,54-,55-,56+,57-/m1/s1. The number of benzene rings is 1. The van der Waals surface area contributed by atoms with E-state index in [1.165, 1.54) is 38.3 Å². The zero-order valence-corrected chi connectivity index (χ0v) is 46.7. The molecule has 9 rings (SSSR count). The molecule has 0 spiro atoms. The number of aliphatic hydroxyl groups is 7. The fraction of sp³-hybridized carbons (Fsp3) is 0.789. The van der Waals surface area contributed by atoms with Gasteiger partial charge in [-0.2, -0.15) is 0 Å². The van der Waals surface area contributed by atoms with Crippen LogP contribution >= 0.6 is 0 Å². The number of ether oxygens (including phenoxy) is 12. The van der Waals surface area contributed by atoms with E-state index in [4.69, 9.17) is 56.8 Å². The molecule has 3 saturated carbocycles. The van der Waals surface area contributed by atoms with Crippen molar-refractivity contribution in [1.82, 2.24) is 0 Å². The molecule has 0 bridgehead atoms. The van der Waals surface area contributed by atoms with Crippen molar-refractivity contribution in [2.75, 3.05) is 27.9 Å². The molecule has 1 aromatic rings. The summed E-state index contributed by atoms with van der Waals surface area (Å²) in [6, 6.07) is 6.24. The molecule has 4 aliphatic heterocycles. The van der Waals surface area contributed by atoms with E-state index in [1.54, 1.807) is 40.2 Å². The Labute approximate surface area is 461 Å². The van der Waals surface area contributed by atoms with E-state index in [0.29, 0.717) is 37.7 Å². The van der Waals surface area contributed by atoms with Gasteiger partial charge in [0.2, 0.25) is 0 Å². The van der Waals surface area contributed by atoms with Crippen molar-refractivity contribution in [3.63, 3.8) is 0 Å². The highest BCUT2D eigenvalue weighted by Gasteiger charge is 2.81. The van der Waals surface area contributed by atoms with Crippen LogP contribution in [0.25, 0.3) is 6.08 Å². The van der Waals surface area contributed by atoms with Crippen LogP contribution in [0.4, 0.5) is 0 Å². The van der Waals surface area contributed by atoms with Gasteiger partial charge in [-0.15, -0.1) is 0 Å². The van der Waals surface area contributed by atoms with Gasteiger partial charge in [0.25, 0.3) is 0 Å². The van der Waals surface area contributed by atoms with E-state index in [0.717, 1.165) is 5.57 Å². The maximum atomic E-state index is 13.6. The lowest BCUT2D eigenvalue weighted by atomic mass is 9.42. The number of fused-ring (bicyclic) bond motifs is 5. The second-order valence-electron chi connectivity index (χ2n) is 23.7. The summed E-state index contributed by atoms with van der Waals surface area (Å²) >= 11 is 0. The molecule has 0 amide bonds. The fourth-order valence-corrected chi connectivity index (χ4v) is 14.8. The maximum Gasteiger partial charge on any atom is 0.331 e. The molecule has 0 radical (unpaired) electrons. The first kappa shape index (κ1) is 60.5. The monoisotopic (exact) mass is 1120 g/mol. The summed E-state index contributed by atoms with van der Waals surface area (Å²) < 4.78 is 74.8. The van der Waals surface area contributed by atoms with Gasteiger partial charge in [0.05, 0.1) is 54.7 Å². The average Bonchev–Trinajstić information content (AvgIpc) is 2.40. The molecule has 4 heterocycles. The van der Waals surface area contributed by atoms with Crippen molar-refractivity contribution in [1.29, 1.82) is 0 Å². The summed E-state index contributed by atoms with van der Waals surface area (Å²) in [7, 11) is 4.70. The number of carbonyl (C=O) groups excluding carboxylic acids is 2. The lowest BCUT2D eigenvalue weighted by molar-refractivity contribution is -0.357. The Morgan fingerprint density at radius 3 is 1.78 bits per heavy atom. The van der Waals surface area contributed by atoms with Crippen LogP contribution < -0.4 is 0 Å². The molecule has 79 heavy (non-hydrogen) atoms. The topological polar surface area (TPSA) is 307 Å². The number of phenolic OH excluding ortho intramolecular Hbond substituents is 1. The number of aromatic hydroxyl groups is 1. The number of esters is 1. The van der Waals surface area contributed by atoms with E-state index in [1.807, 2.05) is 19.9 Å². The van der Waals surface area contributed by atoms with Crippen molar-refractivity contribution in [3.05, 3.63) is 47.6 Å². The van der Waals surface area contributed by atoms with Crippen molar-refractivity contribution < 1.29 is 107 Å². The molecular formula is C57H84O22. The zero-order valence-electron chi connectivity index (χ0n) is 46.7. The van der Waals surface area contributed by atoms with E-state index < -0.39 is 163 Å². The average molecular weight is 1120 g/mol. The van der Waals surface area contributed by atoms with Gasteiger partial charge in [-0.25, -0.2) is 4.79 Å². The Hall–Kier alpha value is -3.08. The first-order valence-electron chi connectivity index (χ1n) is 27.9. The Balaban J connectivity index is 0.811. The molecule has 1 aromatic carbocycles. The SMILES string of the molecule is CO[C@H]1C[C@H](O[C@@H]2[C@@H](C)O[C@@H](O[C@H]3CC[C@@]4(C)C(=CC[C@]5(O)[C@@H]4C[C@@H](OC(=O)/C=C/c4ccc(O)cc4)[C@@]4(C)[C@]5(O)CC[C@@]4(O)C(C)=O)C3)C[C@H]2OC)O[C@H](C)[C@H]1O[C@H]1C[C@H](OC)[C@H](O[C@@H]2O[C@H](CO)[C@@H](O)[C@H](O)[C@H]2O)[C@@H](C)O1. The van der Waals surface area contributed by atoms with Crippen LogP contribution in [0.15, 0.2) is 42.0 Å². The molecule has 0 aromatic heterocycles. The summed E-state index contributed by atoms with van der Waals surface area (Å²) in [5.41, 5.74) is -6.66. The van der Waals surface area contributed by atoms with E-state index in [-0.39, 0.29) is 44.0 Å². The van der Waals surface area contributed by atoms with Gasteiger partial charge in [0.1, 0.15) is 71.4 Å². The van der Waals surface area contributed by atoms with Gasteiger partial charge in [0, 0.05) is 52.6 Å². The van der Waals surface area contributed by atoms with Crippen LogP contribution in [0.1, 0.15) is 111 Å². The molecule has 444 valence electrons. The smallest absolute Gasteiger partial charge is 0.331 e. The number of carbonyl (C=O) groups is 2. The van der Waals surface area contributed by atoms with Crippen molar-refractivity contribution in [3.8, 4) is 5.75 Å². The Morgan fingerprint density at radius 2 is 1.25 bits per heavy atom. The van der Waals surface area contributed by atoms with Crippen LogP contribution in [-0.4, -0.2) is 214 Å². The number of rotatable bonds is 16. The number of methoxy groups -OCH3 is 3. The van der Waals surface area contributed by atoms with Crippen molar-refractivity contribution in [2.45, 2.75) is 239 Å². The number of aliphatic hydroxyl groups excluding tert-OH is 4. The first-order chi connectivity index (χ1) is 37.4. The molecule has 22 nitrogen and oxygen atoms in total. The molecule has 7 fully saturated rings. The highest BCUT2D eigenvalue weighted by atomic mass is 16.8. The molecule has 8 N–H and O–H groups in total. The minimum atomic E-state index is -2.09.